The van der Waals surface area contributed by atoms with Gasteiger partial charge in [0.1, 0.15) is 5.76 Å². The molecule has 0 fully saturated rings. The Balaban J connectivity index is 2.11. The summed E-state index contributed by atoms with van der Waals surface area (Å²) in [6.45, 7) is 4.07. The van der Waals surface area contributed by atoms with Gasteiger partial charge in [0.2, 0.25) is 0 Å². The highest BCUT2D eigenvalue weighted by Gasteiger charge is 2.14. The van der Waals surface area contributed by atoms with Crippen LogP contribution in [0.25, 0.3) is 0 Å². The molecule has 86 valence electrons. The van der Waals surface area contributed by atoms with Crippen molar-refractivity contribution >= 4 is 11.3 Å². The van der Waals surface area contributed by atoms with Gasteiger partial charge in [-0.25, -0.2) is 4.98 Å². The monoisotopic (exact) mass is 236 g/mol. The SMILES string of the molecule is CCc1occc1C(N)Cc1nc(C)cs1. The normalized spacial score (nSPS) is 12.9. The van der Waals surface area contributed by atoms with Crippen LogP contribution < -0.4 is 5.73 Å². The Labute approximate surface area is 99.3 Å². The van der Waals surface area contributed by atoms with Crippen molar-refractivity contribution in [2.24, 2.45) is 5.73 Å². The third-order valence-electron chi connectivity index (χ3n) is 2.56. The zero-order chi connectivity index (χ0) is 11.5. The zero-order valence-corrected chi connectivity index (χ0v) is 10.4. The topological polar surface area (TPSA) is 52.0 Å². The molecule has 1 unspecified atom stereocenters. The van der Waals surface area contributed by atoms with Gasteiger partial charge in [0, 0.05) is 35.5 Å². The third-order valence-corrected chi connectivity index (χ3v) is 3.55. The quantitative estimate of drug-likeness (QED) is 0.888. The lowest BCUT2D eigenvalue weighted by Crippen LogP contribution is -2.14. The van der Waals surface area contributed by atoms with Crippen LogP contribution >= 0.6 is 11.3 Å². The maximum Gasteiger partial charge on any atom is 0.108 e. The summed E-state index contributed by atoms with van der Waals surface area (Å²) in [5, 5.41) is 3.14. The number of hydrogen-bond acceptors (Lipinski definition) is 4. The van der Waals surface area contributed by atoms with Crippen molar-refractivity contribution in [3.8, 4) is 0 Å². The molecule has 0 radical (unpaired) electrons. The van der Waals surface area contributed by atoms with Gasteiger partial charge in [0.05, 0.1) is 11.3 Å². The van der Waals surface area contributed by atoms with Gasteiger partial charge in [-0.2, -0.15) is 0 Å². The highest BCUT2D eigenvalue weighted by atomic mass is 32.1. The lowest BCUT2D eigenvalue weighted by atomic mass is 10.0. The van der Waals surface area contributed by atoms with Gasteiger partial charge in [0.25, 0.3) is 0 Å². The predicted molar refractivity (Wildman–Crippen MR) is 65.6 cm³/mol. The van der Waals surface area contributed by atoms with Crippen LogP contribution in [0.1, 0.15) is 35.0 Å². The first kappa shape index (κ1) is 11.4. The summed E-state index contributed by atoms with van der Waals surface area (Å²) in [5.41, 5.74) is 8.34. The molecule has 2 aromatic rings. The van der Waals surface area contributed by atoms with E-state index in [4.69, 9.17) is 10.2 Å². The molecular formula is C12H16N2OS. The average molecular weight is 236 g/mol. The summed E-state index contributed by atoms with van der Waals surface area (Å²) in [6.07, 6.45) is 3.37. The van der Waals surface area contributed by atoms with Crippen LogP contribution in [0.15, 0.2) is 22.1 Å². The number of aryl methyl sites for hydroxylation is 2. The van der Waals surface area contributed by atoms with E-state index in [2.05, 4.69) is 17.3 Å². The molecule has 3 nitrogen and oxygen atoms in total. The van der Waals surface area contributed by atoms with E-state index in [9.17, 15) is 0 Å². The van der Waals surface area contributed by atoms with E-state index in [1.165, 1.54) is 0 Å². The van der Waals surface area contributed by atoms with Crippen molar-refractivity contribution < 1.29 is 4.42 Å². The first-order chi connectivity index (χ1) is 7.70. The van der Waals surface area contributed by atoms with Crippen LogP contribution in [0, 0.1) is 6.92 Å². The van der Waals surface area contributed by atoms with Crippen LogP contribution in [-0.4, -0.2) is 4.98 Å². The van der Waals surface area contributed by atoms with Gasteiger partial charge in [-0.1, -0.05) is 6.92 Å². The fourth-order valence-corrected chi connectivity index (χ4v) is 2.59. The maximum absolute atomic E-state index is 6.16. The molecular weight excluding hydrogens is 220 g/mol. The number of nitrogens with zero attached hydrogens (tertiary/aromatic N) is 1. The molecule has 16 heavy (non-hydrogen) atoms. The Bertz CT molecular complexity index is 461. The number of rotatable bonds is 4. The molecule has 2 N–H and O–H groups in total. The number of thiazole rings is 1. The lowest BCUT2D eigenvalue weighted by molar-refractivity contribution is 0.505. The molecule has 0 saturated carbocycles. The van der Waals surface area contributed by atoms with E-state index >= 15 is 0 Å². The van der Waals surface area contributed by atoms with E-state index in [-0.39, 0.29) is 6.04 Å². The molecule has 0 bridgehead atoms. The minimum atomic E-state index is -0.0146. The second-order valence-electron chi connectivity index (χ2n) is 3.85. The van der Waals surface area contributed by atoms with Crippen molar-refractivity contribution in [1.82, 2.24) is 4.98 Å². The van der Waals surface area contributed by atoms with Crippen LogP contribution in [0.5, 0.6) is 0 Å². The van der Waals surface area contributed by atoms with Crippen molar-refractivity contribution in [3.63, 3.8) is 0 Å². The summed E-state index contributed by atoms with van der Waals surface area (Å²) in [6, 6.07) is 1.95. The second-order valence-corrected chi connectivity index (χ2v) is 4.79. The summed E-state index contributed by atoms with van der Waals surface area (Å²) in [4.78, 5) is 4.42. The average Bonchev–Trinajstić information content (AvgIpc) is 2.86. The minimum Gasteiger partial charge on any atom is -0.469 e. The van der Waals surface area contributed by atoms with Gasteiger partial charge < -0.3 is 10.2 Å². The molecule has 2 heterocycles. The molecule has 0 aliphatic rings. The largest absolute Gasteiger partial charge is 0.469 e. The Morgan fingerprint density at radius 1 is 1.56 bits per heavy atom. The van der Waals surface area contributed by atoms with Crippen LogP contribution in [0.4, 0.5) is 0 Å². The van der Waals surface area contributed by atoms with E-state index in [0.717, 1.165) is 34.9 Å². The Kier molecular flexibility index (Phi) is 3.41. The maximum atomic E-state index is 6.16. The van der Waals surface area contributed by atoms with Gasteiger partial charge in [-0.05, 0) is 13.0 Å². The van der Waals surface area contributed by atoms with Gasteiger partial charge >= 0.3 is 0 Å². The molecule has 0 aliphatic heterocycles. The lowest BCUT2D eigenvalue weighted by Gasteiger charge is -2.09. The summed E-state index contributed by atoms with van der Waals surface area (Å²) in [5.74, 6) is 0.987. The molecule has 1 atom stereocenters. The first-order valence-electron chi connectivity index (χ1n) is 5.43. The fourth-order valence-electron chi connectivity index (χ4n) is 1.76. The molecule has 2 rings (SSSR count). The first-order valence-corrected chi connectivity index (χ1v) is 6.31. The van der Waals surface area contributed by atoms with Gasteiger partial charge in [-0.3, -0.25) is 0 Å². The Hall–Kier alpha value is -1.13. The molecule has 4 heteroatoms. The Morgan fingerprint density at radius 3 is 3.00 bits per heavy atom. The molecule has 0 aromatic carbocycles. The van der Waals surface area contributed by atoms with E-state index in [0.29, 0.717) is 0 Å². The van der Waals surface area contributed by atoms with Gasteiger partial charge in [0.15, 0.2) is 0 Å². The fraction of sp³-hybridized carbons (Fsp3) is 0.417. The van der Waals surface area contributed by atoms with E-state index in [1.54, 1.807) is 17.6 Å². The highest BCUT2D eigenvalue weighted by molar-refractivity contribution is 7.09. The van der Waals surface area contributed by atoms with E-state index < -0.39 is 0 Å². The van der Waals surface area contributed by atoms with Crippen molar-refractivity contribution in [2.45, 2.75) is 32.7 Å². The predicted octanol–water partition coefficient (Wildman–Crippen LogP) is 2.85. The van der Waals surface area contributed by atoms with E-state index in [1.807, 2.05) is 13.0 Å². The third kappa shape index (κ3) is 2.33. The molecule has 0 saturated heterocycles. The smallest absolute Gasteiger partial charge is 0.108 e. The molecule has 2 aromatic heterocycles. The molecule has 0 spiro atoms. The van der Waals surface area contributed by atoms with Gasteiger partial charge in [-0.15, -0.1) is 11.3 Å². The Morgan fingerprint density at radius 2 is 2.38 bits per heavy atom. The number of nitrogens with two attached hydrogens (primary N) is 1. The second kappa shape index (κ2) is 4.80. The highest BCUT2D eigenvalue weighted by Crippen LogP contribution is 2.23. The molecule has 0 aliphatic carbocycles. The van der Waals surface area contributed by atoms with Crippen molar-refractivity contribution in [3.05, 3.63) is 39.7 Å². The molecule has 0 amide bonds. The standard InChI is InChI=1S/C12H16N2OS/c1-3-11-9(4-5-15-11)10(13)6-12-14-8(2)7-16-12/h4-5,7,10H,3,6,13H2,1-2H3. The number of hydrogen-bond donors (Lipinski definition) is 1. The number of furan rings is 1. The van der Waals surface area contributed by atoms with Crippen molar-refractivity contribution in [1.29, 1.82) is 0 Å². The van der Waals surface area contributed by atoms with Crippen LogP contribution in [-0.2, 0) is 12.8 Å². The van der Waals surface area contributed by atoms with Crippen molar-refractivity contribution in [2.75, 3.05) is 0 Å². The zero-order valence-electron chi connectivity index (χ0n) is 9.56. The number of aromatic nitrogens is 1. The van der Waals surface area contributed by atoms with Crippen LogP contribution in [0.3, 0.4) is 0 Å². The minimum absolute atomic E-state index is 0.0146. The van der Waals surface area contributed by atoms with Crippen LogP contribution in [0.2, 0.25) is 0 Å². The summed E-state index contributed by atoms with van der Waals surface area (Å²) < 4.78 is 5.38. The summed E-state index contributed by atoms with van der Waals surface area (Å²) >= 11 is 1.67. The summed E-state index contributed by atoms with van der Waals surface area (Å²) in [7, 11) is 0.